The molecule has 4 nitrogen and oxygen atoms in total. The number of ether oxygens (including phenoxy) is 2. The normalized spacial score (nSPS) is 29.6. The molecule has 1 fully saturated rings. The molecular weight excluding hydrogens is 224 g/mol. The largest absolute Gasteiger partial charge is 0.453 e. The predicted molar refractivity (Wildman–Crippen MR) is 63.0 cm³/mol. The molecule has 2 atom stereocenters. The van der Waals surface area contributed by atoms with E-state index < -0.39 is 0 Å². The summed E-state index contributed by atoms with van der Waals surface area (Å²) >= 11 is 1.69. The van der Waals surface area contributed by atoms with Crippen molar-refractivity contribution >= 4 is 11.3 Å². The van der Waals surface area contributed by atoms with E-state index in [0.717, 1.165) is 30.2 Å². The molecule has 2 unspecified atom stereocenters. The Balaban J connectivity index is 1.84. The van der Waals surface area contributed by atoms with Crippen LogP contribution in [0.4, 0.5) is 0 Å². The number of likely N-dealkylation sites (tertiary alicyclic amines) is 1. The number of piperidine rings is 1. The zero-order chi connectivity index (χ0) is 11.1. The number of fused-ring (bicyclic) bond motifs is 1. The van der Waals surface area contributed by atoms with Crippen LogP contribution < -0.4 is 15.2 Å². The summed E-state index contributed by atoms with van der Waals surface area (Å²) in [7, 11) is 2.16. The second-order valence-electron chi connectivity index (χ2n) is 4.49. The Labute approximate surface area is 98.9 Å². The summed E-state index contributed by atoms with van der Waals surface area (Å²) in [5.41, 5.74) is 6.03. The molecule has 0 aliphatic carbocycles. The average molecular weight is 240 g/mol. The second kappa shape index (κ2) is 3.91. The number of thiophene rings is 1. The van der Waals surface area contributed by atoms with Gasteiger partial charge >= 0.3 is 0 Å². The van der Waals surface area contributed by atoms with Gasteiger partial charge in [-0.25, -0.2) is 0 Å². The molecule has 0 saturated carbocycles. The summed E-state index contributed by atoms with van der Waals surface area (Å²) in [6.45, 7) is 1.43. The summed E-state index contributed by atoms with van der Waals surface area (Å²) in [6, 6.07) is 2.85. The maximum Gasteiger partial charge on any atom is 0.232 e. The fraction of sp³-hybridized carbons (Fsp3) is 0.636. The molecule has 0 spiro atoms. The summed E-state index contributed by atoms with van der Waals surface area (Å²) < 4.78 is 10.7. The van der Waals surface area contributed by atoms with Crippen molar-refractivity contribution < 1.29 is 9.47 Å². The molecule has 2 aliphatic rings. The molecular formula is C11H16N2O2S. The SMILES string of the molecule is CN1CCC(N)CC1c1cc2c(s1)OCO2. The van der Waals surface area contributed by atoms with Crippen molar-refractivity contribution in [3.05, 3.63) is 10.9 Å². The van der Waals surface area contributed by atoms with E-state index in [1.165, 1.54) is 4.88 Å². The van der Waals surface area contributed by atoms with Crippen molar-refractivity contribution in [3.8, 4) is 10.8 Å². The van der Waals surface area contributed by atoms with Crippen LogP contribution in [0.25, 0.3) is 0 Å². The van der Waals surface area contributed by atoms with Crippen molar-refractivity contribution in [2.75, 3.05) is 20.4 Å². The number of nitrogens with zero attached hydrogens (tertiary/aromatic N) is 1. The Morgan fingerprint density at radius 2 is 2.38 bits per heavy atom. The van der Waals surface area contributed by atoms with Crippen LogP contribution in [0.3, 0.4) is 0 Å². The molecule has 3 rings (SSSR count). The Morgan fingerprint density at radius 3 is 3.19 bits per heavy atom. The summed E-state index contributed by atoms with van der Waals surface area (Å²) in [4.78, 5) is 3.67. The average Bonchev–Trinajstić information content (AvgIpc) is 2.81. The standard InChI is InChI=1S/C11H16N2O2S/c1-13-3-2-7(12)4-8(13)10-5-9-11(16-10)15-6-14-9/h5,7-8H,2-4,6,12H2,1H3. The van der Waals surface area contributed by atoms with Gasteiger partial charge < -0.3 is 15.2 Å². The summed E-state index contributed by atoms with van der Waals surface area (Å²) in [5.74, 6) is 0.896. The molecule has 1 aromatic rings. The lowest BCUT2D eigenvalue weighted by Gasteiger charge is -2.35. The van der Waals surface area contributed by atoms with E-state index >= 15 is 0 Å². The van der Waals surface area contributed by atoms with Gasteiger partial charge in [-0.2, -0.15) is 0 Å². The molecule has 0 radical (unpaired) electrons. The van der Waals surface area contributed by atoms with Gasteiger partial charge in [0.25, 0.3) is 0 Å². The van der Waals surface area contributed by atoms with Gasteiger partial charge in [0, 0.05) is 17.0 Å². The Morgan fingerprint density at radius 1 is 1.50 bits per heavy atom. The molecule has 16 heavy (non-hydrogen) atoms. The molecule has 3 heterocycles. The zero-order valence-corrected chi connectivity index (χ0v) is 10.1. The summed E-state index contributed by atoms with van der Waals surface area (Å²) in [6.07, 6.45) is 2.11. The first-order valence-corrected chi connectivity index (χ1v) is 6.41. The van der Waals surface area contributed by atoms with E-state index in [1.807, 2.05) is 0 Å². The molecule has 0 amide bonds. The first kappa shape index (κ1) is 10.4. The van der Waals surface area contributed by atoms with Gasteiger partial charge in [0.1, 0.15) is 0 Å². The van der Waals surface area contributed by atoms with Crippen LogP contribution in [-0.4, -0.2) is 31.3 Å². The third-order valence-corrected chi connectivity index (χ3v) is 4.46. The molecule has 2 aliphatic heterocycles. The van der Waals surface area contributed by atoms with Crippen LogP contribution in [0.15, 0.2) is 6.07 Å². The lowest BCUT2D eigenvalue weighted by atomic mass is 9.97. The third kappa shape index (κ3) is 1.69. The number of hydrogen-bond acceptors (Lipinski definition) is 5. The zero-order valence-electron chi connectivity index (χ0n) is 9.31. The molecule has 0 bridgehead atoms. The van der Waals surface area contributed by atoms with Gasteiger partial charge in [-0.15, -0.1) is 0 Å². The fourth-order valence-electron chi connectivity index (χ4n) is 2.33. The van der Waals surface area contributed by atoms with E-state index in [4.69, 9.17) is 15.2 Å². The Hall–Kier alpha value is -0.780. The minimum absolute atomic E-state index is 0.319. The highest BCUT2D eigenvalue weighted by Gasteiger charge is 2.29. The Kier molecular flexibility index (Phi) is 2.53. The van der Waals surface area contributed by atoms with Gasteiger partial charge in [-0.3, -0.25) is 4.90 Å². The van der Waals surface area contributed by atoms with Crippen LogP contribution in [0.1, 0.15) is 23.8 Å². The van der Waals surface area contributed by atoms with E-state index in [0.29, 0.717) is 18.9 Å². The highest BCUT2D eigenvalue weighted by molar-refractivity contribution is 7.14. The second-order valence-corrected chi connectivity index (χ2v) is 5.53. The maximum atomic E-state index is 6.03. The first-order chi connectivity index (χ1) is 7.74. The van der Waals surface area contributed by atoms with Crippen molar-refractivity contribution in [2.24, 2.45) is 5.73 Å². The van der Waals surface area contributed by atoms with E-state index in [9.17, 15) is 0 Å². The fourth-order valence-corrected chi connectivity index (χ4v) is 3.45. The molecule has 0 aromatic carbocycles. The van der Waals surface area contributed by atoms with E-state index in [2.05, 4.69) is 18.0 Å². The van der Waals surface area contributed by atoms with Crippen LogP contribution in [0.2, 0.25) is 0 Å². The molecule has 5 heteroatoms. The van der Waals surface area contributed by atoms with Gasteiger partial charge in [0.2, 0.25) is 11.9 Å². The van der Waals surface area contributed by atoms with Crippen LogP contribution in [-0.2, 0) is 0 Å². The van der Waals surface area contributed by atoms with Crippen LogP contribution >= 0.6 is 11.3 Å². The smallest absolute Gasteiger partial charge is 0.232 e. The Bertz CT molecular complexity index is 372. The van der Waals surface area contributed by atoms with Crippen molar-refractivity contribution in [1.82, 2.24) is 4.90 Å². The van der Waals surface area contributed by atoms with Crippen LogP contribution in [0, 0.1) is 0 Å². The van der Waals surface area contributed by atoms with Crippen molar-refractivity contribution in [2.45, 2.75) is 24.9 Å². The van der Waals surface area contributed by atoms with E-state index in [-0.39, 0.29) is 0 Å². The van der Waals surface area contributed by atoms with E-state index in [1.54, 1.807) is 11.3 Å². The van der Waals surface area contributed by atoms with Gasteiger partial charge in [0.05, 0.1) is 0 Å². The molecule has 2 N–H and O–H groups in total. The third-order valence-electron chi connectivity index (χ3n) is 3.33. The lowest BCUT2D eigenvalue weighted by molar-refractivity contribution is 0.168. The highest BCUT2D eigenvalue weighted by Crippen LogP contribution is 2.45. The van der Waals surface area contributed by atoms with Crippen LogP contribution in [0.5, 0.6) is 10.8 Å². The topological polar surface area (TPSA) is 47.7 Å². The molecule has 1 aromatic heterocycles. The number of hydrogen-bond donors (Lipinski definition) is 1. The summed E-state index contributed by atoms with van der Waals surface area (Å²) in [5, 5.41) is 0.919. The van der Waals surface area contributed by atoms with Crippen molar-refractivity contribution in [1.29, 1.82) is 0 Å². The van der Waals surface area contributed by atoms with Gasteiger partial charge in [0.15, 0.2) is 5.75 Å². The quantitative estimate of drug-likeness (QED) is 0.809. The maximum absolute atomic E-state index is 6.03. The first-order valence-electron chi connectivity index (χ1n) is 5.59. The van der Waals surface area contributed by atoms with Gasteiger partial charge in [-0.1, -0.05) is 11.3 Å². The predicted octanol–water partition coefficient (Wildman–Crippen LogP) is 1.57. The highest BCUT2D eigenvalue weighted by atomic mass is 32.1. The lowest BCUT2D eigenvalue weighted by Crippen LogP contribution is -2.39. The minimum atomic E-state index is 0.319. The number of rotatable bonds is 1. The van der Waals surface area contributed by atoms with Gasteiger partial charge in [-0.05, 0) is 32.5 Å². The molecule has 1 saturated heterocycles. The van der Waals surface area contributed by atoms with Crippen molar-refractivity contribution in [3.63, 3.8) is 0 Å². The number of nitrogens with two attached hydrogens (primary N) is 1. The monoisotopic (exact) mass is 240 g/mol. The minimum Gasteiger partial charge on any atom is -0.453 e. The molecule has 88 valence electrons.